The van der Waals surface area contributed by atoms with Crippen LogP contribution in [0.3, 0.4) is 0 Å². The van der Waals surface area contributed by atoms with E-state index in [2.05, 4.69) is 6.92 Å². The Balaban J connectivity index is 3.24. The Hall–Kier alpha value is -4.44. The van der Waals surface area contributed by atoms with Gasteiger partial charge in [0, 0.05) is 34.6 Å². The molecule has 7 unspecified atom stereocenters. The number of ether oxygens (including phenoxy) is 1. The van der Waals surface area contributed by atoms with Crippen LogP contribution in [0.5, 0.6) is 5.75 Å². The first-order valence-corrected chi connectivity index (χ1v) is 25.4. The van der Waals surface area contributed by atoms with Crippen molar-refractivity contribution in [2.24, 2.45) is 5.41 Å². The van der Waals surface area contributed by atoms with Crippen molar-refractivity contribution in [3.8, 4) is 5.75 Å². The molecule has 0 heterocycles. The minimum Gasteiger partial charge on any atom is -0.426 e. The highest BCUT2D eigenvalue weighted by Gasteiger charge is 2.69. The van der Waals surface area contributed by atoms with E-state index in [1.165, 1.54) is 6.92 Å². The Bertz CT molecular complexity index is 2220. The van der Waals surface area contributed by atoms with Crippen LogP contribution in [0.1, 0.15) is 163 Å². The van der Waals surface area contributed by atoms with Crippen LogP contribution in [-0.4, -0.2) is 85.1 Å². The minimum atomic E-state index is -7.01. The number of halogens is 24. The molecule has 0 aliphatic rings. The number of Topliss-reactive ketones (excluding diaryl/α,β-unsaturated/α-hetero) is 1. The van der Waals surface area contributed by atoms with Crippen LogP contribution in [0.4, 0.5) is 105 Å². The highest BCUT2D eigenvalue weighted by molar-refractivity contribution is 6.05. The number of ketones is 1. The summed E-state index contributed by atoms with van der Waals surface area (Å²) < 4.78 is 354. The molecular weight excluding hydrogens is 1160 g/mol. The maximum Gasteiger partial charge on any atom is 0.432 e. The molecule has 0 aliphatic carbocycles. The standard InChI is InChI=1S/C52H60F24O5/c1-3-5-7-8-9-10-11-12-13-14-15-16-17-18-19-21-38(79)44(28-35(78)29-77,43(80)81-36-26-33(47(63,41(57)58)51(71,72)73)25-34(27-36)48(64,42(59)60)52(74,75)76)37(20-6-4-2)30-22-31(45(61,39(53)54)49(65,66)67)24-32(23-30)46(62,40(55)56)50(68,69)70/h12-13,22-27,35,37,39-42,77-78H,3-11,14-21,28-29H2,1-2H3/b13-12-. The summed E-state index contributed by atoms with van der Waals surface area (Å²) >= 11 is 0. The van der Waals surface area contributed by atoms with E-state index in [0.29, 0.717) is 19.3 Å². The predicted octanol–water partition coefficient (Wildman–Crippen LogP) is 17.9. The average molecular weight is 1220 g/mol. The molecule has 0 aromatic heterocycles. The molecule has 0 spiro atoms. The van der Waals surface area contributed by atoms with E-state index in [4.69, 9.17) is 4.74 Å². The molecule has 0 fully saturated rings. The molecule has 0 bridgehead atoms. The van der Waals surface area contributed by atoms with Gasteiger partial charge >= 0.3 is 30.7 Å². The number of hydrogen-bond acceptors (Lipinski definition) is 5. The second kappa shape index (κ2) is 29.4. The van der Waals surface area contributed by atoms with Gasteiger partial charge in [0.15, 0.2) is 5.78 Å². The van der Waals surface area contributed by atoms with Crippen molar-refractivity contribution in [3.05, 3.63) is 76.4 Å². The van der Waals surface area contributed by atoms with Gasteiger partial charge in [-0.3, -0.25) is 9.59 Å². The number of benzene rings is 2. The van der Waals surface area contributed by atoms with Crippen LogP contribution in [0.15, 0.2) is 48.6 Å². The summed E-state index contributed by atoms with van der Waals surface area (Å²) in [5.74, 6) is -9.92. The summed E-state index contributed by atoms with van der Waals surface area (Å²) in [6, 6.07) is -4.83. The van der Waals surface area contributed by atoms with Crippen molar-refractivity contribution in [3.63, 3.8) is 0 Å². The molecule has 29 heteroatoms. The third-order valence-corrected chi connectivity index (χ3v) is 13.7. The first-order valence-electron chi connectivity index (χ1n) is 25.4. The van der Waals surface area contributed by atoms with E-state index in [1.54, 1.807) is 0 Å². The van der Waals surface area contributed by atoms with E-state index in [9.17, 15) is 103 Å². The molecule has 2 aromatic carbocycles. The first kappa shape index (κ1) is 72.7. The average Bonchev–Trinajstić information content (AvgIpc) is 3.36. The summed E-state index contributed by atoms with van der Waals surface area (Å²) in [6.45, 7) is 1.53. The summed E-state index contributed by atoms with van der Waals surface area (Å²) in [6.07, 6.45) is -46.2. The van der Waals surface area contributed by atoms with Crippen LogP contribution in [-0.2, 0) is 32.3 Å². The third kappa shape index (κ3) is 16.5. The fraction of sp³-hybridized carbons (Fsp3) is 0.692. The lowest BCUT2D eigenvalue weighted by Gasteiger charge is -2.40. The number of allylic oxidation sites excluding steroid dienone is 2. The molecule has 2 N–H and O–H groups in total. The van der Waals surface area contributed by atoms with Gasteiger partial charge in [-0.05, 0) is 74.8 Å². The maximum atomic E-state index is 16.0. The lowest BCUT2D eigenvalue weighted by molar-refractivity contribution is -0.277. The smallest absolute Gasteiger partial charge is 0.426 e. The molecule has 2 aromatic rings. The zero-order chi connectivity index (χ0) is 62.4. The normalized spacial score (nSPS) is 17.7. The Morgan fingerprint density at radius 2 is 0.815 bits per heavy atom. The Labute approximate surface area is 449 Å². The molecule has 7 atom stereocenters. The highest BCUT2D eigenvalue weighted by atomic mass is 19.4. The van der Waals surface area contributed by atoms with E-state index in [1.807, 2.05) is 12.2 Å². The minimum absolute atomic E-state index is 0.0897. The number of rotatable bonds is 34. The molecule has 0 amide bonds. The molecule has 0 radical (unpaired) electrons. The fourth-order valence-electron chi connectivity index (χ4n) is 9.11. The van der Waals surface area contributed by atoms with E-state index >= 15 is 22.4 Å². The van der Waals surface area contributed by atoms with Crippen molar-refractivity contribution in [1.29, 1.82) is 0 Å². The van der Waals surface area contributed by atoms with Gasteiger partial charge in [-0.1, -0.05) is 102 Å². The van der Waals surface area contributed by atoms with Crippen molar-refractivity contribution >= 4 is 11.8 Å². The van der Waals surface area contributed by atoms with Gasteiger partial charge in [0.25, 0.3) is 48.4 Å². The number of esters is 1. The third-order valence-electron chi connectivity index (χ3n) is 13.7. The van der Waals surface area contributed by atoms with Crippen LogP contribution in [0.25, 0.3) is 0 Å². The monoisotopic (exact) mass is 1220 g/mol. The molecule has 0 aliphatic heterocycles. The van der Waals surface area contributed by atoms with E-state index in [0.717, 1.165) is 44.9 Å². The van der Waals surface area contributed by atoms with E-state index in [-0.39, 0.29) is 19.3 Å². The predicted molar refractivity (Wildman–Crippen MR) is 245 cm³/mol. The second-order valence-electron chi connectivity index (χ2n) is 19.5. The quantitative estimate of drug-likeness (QED) is 0.0182. The lowest BCUT2D eigenvalue weighted by Crippen LogP contribution is -2.50. The summed E-state index contributed by atoms with van der Waals surface area (Å²) in [5.41, 5.74) is -42.6. The molecule has 5 nitrogen and oxygen atoms in total. The van der Waals surface area contributed by atoms with Crippen LogP contribution >= 0.6 is 0 Å². The largest absolute Gasteiger partial charge is 0.432 e. The van der Waals surface area contributed by atoms with E-state index < -0.39 is 211 Å². The van der Waals surface area contributed by atoms with Crippen LogP contribution < -0.4 is 4.74 Å². The zero-order valence-corrected chi connectivity index (χ0v) is 43.2. The van der Waals surface area contributed by atoms with Crippen molar-refractivity contribution < 1.29 is 130 Å². The Morgan fingerprint density at radius 3 is 1.15 bits per heavy atom. The van der Waals surface area contributed by atoms with Gasteiger partial charge in [-0.2, -0.15) is 52.7 Å². The SMILES string of the molecule is CCCCCCCC/C=C\CCCCCCCC(=O)C(CC(O)CO)(C(=O)Oc1cc(C(F)(C(F)F)C(F)(F)F)cc(C(F)(C(F)F)C(F)(F)F)c1)C(CCCC)c1cc(C(F)(C(F)F)C(F)(F)F)cc(C(F)(C(F)F)C(F)(F)F)c1. The maximum absolute atomic E-state index is 16.0. The van der Waals surface area contributed by atoms with Gasteiger partial charge < -0.3 is 14.9 Å². The molecular formula is C52H60F24O5. The number of aliphatic hydroxyl groups excluding tert-OH is 2. The van der Waals surface area contributed by atoms with Crippen molar-refractivity contribution in [2.45, 2.75) is 215 Å². The van der Waals surface area contributed by atoms with Gasteiger partial charge in [0.1, 0.15) is 11.2 Å². The van der Waals surface area contributed by atoms with Crippen molar-refractivity contribution in [2.75, 3.05) is 6.61 Å². The van der Waals surface area contributed by atoms with Crippen LogP contribution in [0.2, 0.25) is 0 Å². The van der Waals surface area contributed by atoms with Gasteiger partial charge in [-0.25, -0.2) is 52.7 Å². The van der Waals surface area contributed by atoms with Gasteiger partial charge in [0.05, 0.1) is 12.7 Å². The van der Waals surface area contributed by atoms with Crippen LogP contribution in [0, 0.1) is 5.41 Å². The number of aliphatic hydroxyl groups is 2. The number of carbonyl (C=O) groups excluding carboxylic acids is 2. The van der Waals surface area contributed by atoms with Gasteiger partial charge in [0.2, 0.25) is 0 Å². The Kier molecular flexibility index (Phi) is 26.4. The number of alkyl halides is 24. The molecule has 2 rings (SSSR count). The fourth-order valence-corrected chi connectivity index (χ4v) is 9.11. The number of carbonyl (C=O) groups is 2. The number of hydrogen-bond donors (Lipinski definition) is 2. The summed E-state index contributed by atoms with van der Waals surface area (Å²) in [5, 5.41) is 21.0. The summed E-state index contributed by atoms with van der Waals surface area (Å²) in [7, 11) is 0. The van der Waals surface area contributed by atoms with Crippen molar-refractivity contribution in [1.82, 2.24) is 0 Å². The second-order valence-corrected chi connectivity index (χ2v) is 19.5. The Morgan fingerprint density at radius 1 is 0.481 bits per heavy atom. The number of unbranched alkanes of at least 4 members (excludes halogenated alkanes) is 12. The first-order chi connectivity index (χ1) is 37.2. The highest BCUT2D eigenvalue weighted by Crippen LogP contribution is 2.56. The molecule has 0 saturated carbocycles. The molecule has 81 heavy (non-hydrogen) atoms. The summed E-state index contributed by atoms with van der Waals surface area (Å²) in [4.78, 5) is 30.0. The lowest BCUT2D eigenvalue weighted by atomic mass is 9.62. The van der Waals surface area contributed by atoms with Gasteiger partial charge in [-0.15, -0.1) is 0 Å². The molecule has 466 valence electrons. The topological polar surface area (TPSA) is 83.8 Å². The molecule has 0 saturated heterocycles. The zero-order valence-electron chi connectivity index (χ0n) is 43.2.